The van der Waals surface area contributed by atoms with Gasteiger partial charge >= 0.3 is 0 Å². The van der Waals surface area contributed by atoms with Crippen LogP contribution < -0.4 is 19.5 Å². The first-order chi connectivity index (χ1) is 14.2. The minimum atomic E-state index is -3.62. The van der Waals surface area contributed by atoms with Crippen molar-refractivity contribution in [1.82, 2.24) is 10.0 Å². The lowest BCUT2D eigenvalue weighted by molar-refractivity contribution is -0.121. The van der Waals surface area contributed by atoms with E-state index in [1.807, 2.05) is 25.1 Å². The van der Waals surface area contributed by atoms with E-state index >= 15 is 0 Å². The number of carbonyl (C=O) groups excluding carboxylic acids is 1. The van der Waals surface area contributed by atoms with E-state index in [2.05, 4.69) is 23.9 Å². The second-order valence-corrected chi connectivity index (χ2v) is 9.13. The molecule has 1 unspecified atom stereocenters. The Morgan fingerprint density at radius 2 is 1.73 bits per heavy atom. The predicted octanol–water partition coefficient (Wildman–Crippen LogP) is 3.28. The van der Waals surface area contributed by atoms with Crippen molar-refractivity contribution >= 4 is 15.9 Å². The lowest BCUT2D eigenvalue weighted by Crippen LogP contribution is -2.32. The zero-order valence-electron chi connectivity index (χ0n) is 17.8. The molecule has 8 heteroatoms. The van der Waals surface area contributed by atoms with Gasteiger partial charge in [0.15, 0.2) is 11.5 Å². The molecule has 0 aliphatic carbocycles. The van der Waals surface area contributed by atoms with Crippen molar-refractivity contribution in [1.29, 1.82) is 0 Å². The Bertz CT molecular complexity index is 930. The molecule has 2 aromatic rings. The Morgan fingerprint density at radius 3 is 2.37 bits per heavy atom. The zero-order valence-corrected chi connectivity index (χ0v) is 18.7. The molecule has 7 nitrogen and oxygen atoms in total. The van der Waals surface area contributed by atoms with Gasteiger partial charge < -0.3 is 14.8 Å². The van der Waals surface area contributed by atoms with Gasteiger partial charge in [-0.3, -0.25) is 4.79 Å². The number of ether oxygens (including phenoxy) is 2. The zero-order chi connectivity index (χ0) is 22.1. The number of amides is 1. The first kappa shape index (κ1) is 23.7. The quantitative estimate of drug-likeness (QED) is 0.566. The third kappa shape index (κ3) is 7.03. The summed E-state index contributed by atoms with van der Waals surface area (Å²) in [5, 5.41) is 2.87. The Hall–Kier alpha value is -2.58. The van der Waals surface area contributed by atoms with E-state index in [-0.39, 0.29) is 29.8 Å². The second kappa shape index (κ2) is 11.0. The molecule has 2 aromatic carbocycles. The third-order valence-electron chi connectivity index (χ3n) is 4.33. The lowest BCUT2D eigenvalue weighted by atomic mass is 10.1. The van der Waals surface area contributed by atoms with Crippen LogP contribution in [0.4, 0.5) is 0 Å². The molecule has 0 heterocycles. The van der Waals surface area contributed by atoms with E-state index in [0.717, 1.165) is 5.56 Å². The van der Waals surface area contributed by atoms with E-state index in [9.17, 15) is 13.2 Å². The van der Waals surface area contributed by atoms with E-state index < -0.39 is 10.0 Å². The average Bonchev–Trinajstić information content (AvgIpc) is 2.72. The molecule has 1 amide bonds. The number of nitrogens with one attached hydrogen (secondary N) is 2. The van der Waals surface area contributed by atoms with Crippen molar-refractivity contribution in [2.45, 2.75) is 38.1 Å². The fraction of sp³-hybridized carbons (Fsp3) is 0.409. The molecule has 0 saturated heterocycles. The molecular weight excluding hydrogens is 404 g/mol. The fourth-order valence-corrected chi connectivity index (χ4v) is 3.76. The Morgan fingerprint density at radius 1 is 1.03 bits per heavy atom. The van der Waals surface area contributed by atoms with Crippen LogP contribution in [0.1, 0.15) is 38.8 Å². The van der Waals surface area contributed by atoms with Gasteiger partial charge in [0.1, 0.15) is 0 Å². The molecule has 30 heavy (non-hydrogen) atoms. The smallest absolute Gasteiger partial charge is 0.240 e. The number of carbonyl (C=O) groups is 1. The highest BCUT2D eigenvalue weighted by Gasteiger charge is 2.16. The number of sulfonamides is 1. The highest BCUT2D eigenvalue weighted by Crippen LogP contribution is 2.30. The summed E-state index contributed by atoms with van der Waals surface area (Å²) in [4.78, 5) is 12.4. The average molecular weight is 435 g/mol. The first-order valence-corrected chi connectivity index (χ1v) is 11.4. The second-order valence-electron chi connectivity index (χ2n) is 7.37. The molecule has 0 aliphatic heterocycles. The van der Waals surface area contributed by atoms with E-state index in [4.69, 9.17) is 9.47 Å². The highest BCUT2D eigenvalue weighted by atomic mass is 32.2. The molecule has 0 radical (unpaired) electrons. The minimum Gasteiger partial charge on any atom is -0.493 e. The van der Waals surface area contributed by atoms with Crippen LogP contribution in [0.5, 0.6) is 11.5 Å². The van der Waals surface area contributed by atoms with Crippen LogP contribution in [0, 0.1) is 5.92 Å². The van der Waals surface area contributed by atoms with Gasteiger partial charge in [0.25, 0.3) is 0 Å². The largest absolute Gasteiger partial charge is 0.493 e. The van der Waals surface area contributed by atoms with Crippen LogP contribution in [0.15, 0.2) is 53.4 Å². The topological polar surface area (TPSA) is 93.7 Å². The molecule has 2 N–H and O–H groups in total. The van der Waals surface area contributed by atoms with Gasteiger partial charge in [0.2, 0.25) is 15.9 Å². The summed E-state index contributed by atoms with van der Waals surface area (Å²) in [5.74, 6) is 1.40. The van der Waals surface area contributed by atoms with E-state index in [1.54, 1.807) is 25.3 Å². The Labute approximate surface area is 178 Å². The molecule has 2 rings (SSSR count). The summed E-state index contributed by atoms with van der Waals surface area (Å²) in [5.41, 5.74) is 0.863. The van der Waals surface area contributed by atoms with Crippen LogP contribution in [0.25, 0.3) is 0 Å². The van der Waals surface area contributed by atoms with Crippen molar-refractivity contribution in [3.63, 3.8) is 0 Å². The van der Waals surface area contributed by atoms with Crippen LogP contribution >= 0.6 is 0 Å². The molecule has 164 valence electrons. The van der Waals surface area contributed by atoms with Crippen molar-refractivity contribution < 1.29 is 22.7 Å². The van der Waals surface area contributed by atoms with Gasteiger partial charge in [-0.15, -0.1) is 0 Å². The molecule has 0 saturated carbocycles. The van der Waals surface area contributed by atoms with E-state index in [0.29, 0.717) is 24.0 Å². The van der Waals surface area contributed by atoms with Crippen molar-refractivity contribution in [2.24, 2.45) is 5.92 Å². The van der Waals surface area contributed by atoms with Crippen LogP contribution in [-0.2, 0) is 14.8 Å². The number of hydrogen-bond acceptors (Lipinski definition) is 5. The van der Waals surface area contributed by atoms with Gasteiger partial charge in [-0.05, 0) is 42.7 Å². The molecule has 0 fully saturated rings. The number of methoxy groups -OCH3 is 1. The summed E-state index contributed by atoms with van der Waals surface area (Å²) < 4.78 is 38.0. The minimum absolute atomic E-state index is 0.0150. The van der Waals surface area contributed by atoms with Crippen LogP contribution in [-0.4, -0.2) is 34.6 Å². The molecule has 0 aliphatic rings. The summed E-state index contributed by atoms with van der Waals surface area (Å²) in [7, 11) is -2.05. The number of hydrogen-bond donors (Lipinski definition) is 2. The molecule has 0 aromatic heterocycles. The van der Waals surface area contributed by atoms with Gasteiger partial charge in [0, 0.05) is 13.0 Å². The summed E-state index contributed by atoms with van der Waals surface area (Å²) >= 11 is 0. The van der Waals surface area contributed by atoms with Crippen molar-refractivity contribution in [2.75, 3.05) is 20.3 Å². The number of rotatable bonds is 11. The molecule has 0 bridgehead atoms. The van der Waals surface area contributed by atoms with Crippen molar-refractivity contribution in [3.8, 4) is 11.5 Å². The maximum absolute atomic E-state index is 12.2. The van der Waals surface area contributed by atoms with Crippen LogP contribution in [0.2, 0.25) is 0 Å². The normalized spacial score (nSPS) is 12.4. The molecular formula is C22H30N2O5S. The molecule has 0 spiro atoms. The Balaban J connectivity index is 1.89. The van der Waals surface area contributed by atoms with Gasteiger partial charge in [0.05, 0.1) is 24.7 Å². The SMILES string of the molecule is COc1cc(C(C)NC(=O)CCNS(=O)(=O)c2ccccc2)ccc1OCC(C)C. The van der Waals surface area contributed by atoms with Crippen LogP contribution in [0.3, 0.4) is 0 Å². The monoisotopic (exact) mass is 434 g/mol. The molecule has 1 atom stereocenters. The predicted molar refractivity (Wildman–Crippen MR) is 116 cm³/mol. The van der Waals surface area contributed by atoms with Gasteiger partial charge in [-0.2, -0.15) is 0 Å². The first-order valence-electron chi connectivity index (χ1n) is 9.87. The maximum Gasteiger partial charge on any atom is 0.240 e. The highest BCUT2D eigenvalue weighted by molar-refractivity contribution is 7.89. The summed E-state index contributed by atoms with van der Waals surface area (Å²) in [6, 6.07) is 13.3. The fourth-order valence-electron chi connectivity index (χ4n) is 2.71. The lowest BCUT2D eigenvalue weighted by Gasteiger charge is -2.18. The van der Waals surface area contributed by atoms with Gasteiger partial charge in [-0.1, -0.05) is 38.1 Å². The number of benzene rings is 2. The van der Waals surface area contributed by atoms with Gasteiger partial charge in [-0.25, -0.2) is 13.1 Å². The van der Waals surface area contributed by atoms with Crippen molar-refractivity contribution in [3.05, 3.63) is 54.1 Å². The Kier molecular flexibility index (Phi) is 8.68. The summed E-state index contributed by atoms with van der Waals surface area (Å²) in [6.45, 7) is 6.59. The third-order valence-corrected chi connectivity index (χ3v) is 5.81. The standard InChI is InChI=1S/C22H30N2O5S/c1-16(2)15-29-20-11-10-18(14-21(20)28-4)17(3)24-22(25)12-13-23-30(26,27)19-8-6-5-7-9-19/h5-11,14,16-17,23H,12-13,15H2,1-4H3,(H,24,25). The maximum atomic E-state index is 12.2. The van der Waals surface area contributed by atoms with E-state index in [1.165, 1.54) is 12.1 Å². The summed E-state index contributed by atoms with van der Waals surface area (Å²) in [6.07, 6.45) is 0.0309.